The summed E-state index contributed by atoms with van der Waals surface area (Å²) in [7, 11) is 6.53. The van der Waals surface area contributed by atoms with Crippen LogP contribution in [0.2, 0.25) is 0 Å². The highest BCUT2D eigenvalue weighted by Crippen LogP contribution is 2.29. The highest BCUT2D eigenvalue weighted by molar-refractivity contribution is 14.0. The average Bonchev–Trinajstić information content (AvgIpc) is 2.63. The minimum Gasteiger partial charge on any atom is -0.497 e. The fourth-order valence-electron chi connectivity index (χ4n) is 2.62. The number of likely N-dealkylation sites (N-methyl/N-ethyl adjacent to an activating group) is 1. The van der Waals surface area contributed by atoms with Gasteiger partial charge in [0.2, 0.25) is 0 Å². The van der Waals surface area contributed by atoms with Gasteiger partial charge in [-0.3, -0.25) is 4.99 Å². The van der Waals surface area contributed by atoms with E-state index in [1.165, 1.54) is 25.3 Å². The number of rotatable bonds is 7. The van der Waals surface area contributed by atoms with Crippen molar-refractivity contribution in [3.63, 3.8) is 0 Å². The third kappa shape index (κ3) is 5.93. The summed E-state index contributed by atoms with van der Waals surface area (Å²) >= 11 is 0. The van der Waals surface area contributed by atoms with Gasteiger partial charge in [0.15, 0.2) is 5.96 Å². The molecule has 0 fully saturated rings. The van der Waals surface area contributed by atoms with Gasteiger partial charge in [-0.15, -0.1) is 24.0 Å². The summed E-state index contributed by atoms with van der Waals surface area (Å²) in [6, 6.07) is 8.35. The van der Waals surface area contributed by atoms with Gasteiger partial charge in [0, 0.05) is 11.6 Å². The van der Waals surface area contributed by atoms with Crippen LogP contribution < -0.4 is 20.5 Å². The average molecular weight is 506 g/mol. The van der Waals surface area contributed by atoms with Crippen molar-refractivity contribution in [1.82, 2.24) is 4.90 Å². The van der Waals surface area contributed by atoms with Crippen molar-refractivity contribution in [1.29, 1.82) is 0 Å². The van der Waals surface area contributed by atoms with Gasteiger partial charge in [0.05, 0.1) is 32.5 Å². The van der Waals surface area contributed by atoms with E-state index in [9.17, 15) is 8.78 Å². The van der Waals surface area contributed by atoms with E-state index in [4.69, 9.17) is 15.2 Å². The lowest BCUT2D eigenvalue weighted by atomic mass is 10.0. The summed E-state index contributed by atoms with van der Waals surface area (Å²) in [4.78, 5) is 5.93. The summed E-state index contributed by atoms with van der Waals surface area (Å²) in [6.45, 7) is 0.0654. The van der Waals surface area contributed by atoms with Crippen molar-refractivity contribution in [2.24, 2.45) is 10.7 Å². The van der Waals surface area contributed by atoms with Crippen LogP contribution in [-0.2, 0) is 0 Å². The first-order valence-electron chi connectivity index (χ1n) is 8.26. The Labute approximate surface area is 180 Å². The molecule has 6 nitrogen and oxygen atoms in total. The molecule has 3 N–H and O–H groups in total. The lowest BCUT2D eigenvalue weighted by Gasteiger charge is -2.24. The van der Waals surface area contributed by atoms with E-state index in [-0.39, 0.29) is 42.0 Å². The number of hydrogen-bond donors (Lipinski definition) is 2. The fourth-order valence-corrected chi connectivity index (χ4v) is 2.62. The number of hydrogen-bond acceptors (Lipinski definition) is 4. The molecule has 0 aliphatic rings. The summed E-state index contributed by atoms with van der Waals surface area (Å²) in [5.74, 6) is 0.0175. The van der Waals surface area contributed by atoms with E-state index in [0.29, 0.717) is 17.2 Å². The smallest absolute Gasteiger partial charge is 0.193 e. The second-order valence-electron chi connectivity index (χ2n) is 6.03. The third-order valence-electron chi connectivity index (χ3n) is 4.06. The Balaban J connectivity index is 0.00000392. The molecular weight excluding hydrogens is 481 g/mol. The van der Waals surface area contributed by atoms with Gasteiger partial charge in [0.25, 0.3) is 0 Å². The number of halogens is 3. The van der Waals surface area contributed by atoms with Crippen molar-refractivity contribution in [3.05, 3.63) is 53.6 Å². The number of anilines is 1. The summed E-state index contributed by atoms with van der Waals surface area (Å²) in [5, 5.41) is 2.93. The molecule has 28 heavy (non-hydrogen) atoms. The maximum atomic E-state index is 14.1. The molecule has 0 spiro atoms. The Hall–Kier alpha value is -2.14. The number of nitrogens with one attached hydrogen (secondary N) is 1. The maximum absolute atomic E-state index is 14.1. The molecule has 0 aliphatic heterocycles. The minimum absolute atomic E-state index is 0. The van der Waals surface area contributed by atoms with Crippen LogP contribution in [0.1, 0.15) is 11.6 Å². The predicted molar refractivity (Wildman–Crippen MR) is 118 cm³/mol. The first kappa shape index (κ1) is 23.9. The zero-order valence-electron chi connectivity index (χ0n) is 16.2. The highest BCUT2D eigenvalue weighted by atomic mass is 127. The Morgan fingerprint density at radius 1 is 1.14 bits per heavy atom. The monoisotopic (exact) mass is 506 g/mol. The number of ether oxygens (including phenoxy) is 2. The van der Waals surface area contributed by atoms with Crippen molar-refractivity contribution in [2.45, 2.75) is 6.04 Å². The van der Waals surface area contributed by atoms with Crippen LogP contribution in [0.15, 0.2) is 41.4 Å². The van der Waals surface area contributed by atoms with Gasteiger partial charge >= 0.3 is 0 Å². The molecule has 2 aromatic rings. The molecular formula is C19H25F2IN4O2. The highest BCUT2D eigenvalue weighted by Gasteiger charge is 2.22. The Morgan fingerprint density at radius 3 is 2.32 bits per heavy atom. The zero-order chi connectivity index (χ0) is 20.0. The maximum Gasteiger partial charge on any atom is 0.193 e. The van der Waals surface area contributed by atoms with Crippen LogP contribution in [0, 0.1) is 11.6 Å². The molecule has 0 bridgehead atoms. The normalized spacial score (nSPS) is 12.3. The number of methoxy groups -OCH3 is 2. The molecule has 0 saturated carbocycles. The molecule has 154 valence electrons. The molecule has 0 saturated heterocycles. The van der Waals surface area contributed by atoms with E-state index in [0.717, 1.165) is 0 Å². The van der Waals surface area contributed by atoms with Gasteiger partial charge in [-0.05, 0) is 38.4 Å². The van der Waals surface area contributed by atoms with E-state index < -0.39 is 17.7 Å². The van der Waals surface area contributed by atoms with Crippen LogP contribution in [0.4, 0.5) is 14.5 Å². The van der Waals surface area contributed by atoms with Crippen LogP contribution in [0.3, 0.4) is 0 Å². The van der Waals surface area contributed by atoms with Crippen molar-refractivity contribution >= 4 is 35.6 Å². The van der Waals surface area contributed by atoms with Crippen molar-refractivity contribution in [2.75, 3.05) is 40.2 Å². The number of aliphatic imine (C=N–C) groups is 1. The second-order valence-corrected chi connectivity index (χ2v) is 6.03. The lowest BCUT2D eigenvalue weighted by molar-refractivity contribution is 0.290. The molecule has 0 radical (unpaired) electrons. The van der Waals surface area contributed by atoms with Gasteiger partial charge in [0.1, 0.15) is 23.1 Å². The van der Waals surface area contributed by atoms with E-state index in [1.807, 2.05) is 0 Å². The number of nitrogens with zero attached hydrogens (tertiary/aromatic N) is 2. The summed E-state index contributed by atoms with van der Waals surface area (Å²) < 4.78 is 38.7. The molecule has 0 aromatic heterocycles. The Bertz CT molecular complexity index is 798. The summed E-state index contributed by atoms with van der Waals surface area (Å²) in [5.41, 5.74) is 6.48. The molecule has 0 amide bonds. The Morgan fingerprint density at radius 2 is 1.79 bits per heavy atom. The van der Waals surface area contributed by atoms with Crippen LogP contribution in [0.5, 0.6) is 11.5 Å². The fraction of sp³-hybridized carbons (Fsp3) is 0.316. The molecule has 2 rings (SSSR count). The van der Waals surface area contributed by atoms with E-state index in [2.05, 4.69) is 10.3 Å². The van der Waals surface area contributed by atoms with Crippen LogP contribution >= 0.6 is 24.0 Å². The largest absolute Gasteiger partial charge is 0.497 e. The van der Waals surface area contributed by atoms with Crippen molar-refractivity contribution in [3.8, 4) is 11.5 Å². The SMILES string of the molecule is COc1ccc(OC)c(NC(N)=NCC(c2c(F)cccc2F)N(C)C)c1.I. The minimum atomic E-state index is -0.620. The Kier molecular flexibility index (Phi) is 9.39. The first-order chi connectivity index (χ1) is 12.9. The molecule has 9 heteroatoms. The van der Waals surface area contributed by atoms with E-state index in [1.54, 1.807) is 44.3 Å². The number of guanidine groups is 1. The molecule has 1 unspecified atom stereocenters. The first-order valence-corrected chi connectivity index (χ1v) is 8.26. The van der Waals surface area contributed by atoms with Gasteiger partial charge < -0.3 is 25.4 Å². The van der Waals surface area contributed by atoms with E-state index >= 15 is 0 Å². The predicted octanol–water partition coefficient (Wildman–Crippen LogP) is 3.63. The standard InChI is InChI=1S/C19H24F2N4O2.HI/c1-25(2)16(18-13(20)6-5-7-14(18)21)11-23-19(22)24-15-10-12(26-3)8-9-17(15)27-4;/h5-10,16H,11H2,1-4H3,(H3,22,23,24);1H. The number of nitrogens with two attached hydrogens (primary N) is 1. The van der Waals surface area contributed by atoms with Gasteiger partial charge in [-0.25, -0.2) is 8.78 Å². The lowest BCUT2D eigenvalue weighted by Crippen LogP contribution is -2.28. The third-order valence-corrected chi connectivity index (χ3v) is 4.06. The van der Waals surface area contributed by atoms with Crippen molar-refractivity contribution < 1.29 is 18.3 Å². The van der Waals surface area contributed by atoms with Gasteiger partial charge in [-0.1, -0.05) is 6.07 Å². The zero-order valence-corrected chi connectivity index (χ0v) is 18.5. The summed E-state index contributed by atoms with van der Waals surface area (Å²) in [6.07, 6.45) is 0. The molecule has 0 heterocycles. The molecule has 0 aliphatic carbocycles. The van der Waals surface area contributed by atoms with Crippen LogP contribution in [0.25, 0.3) is 0 Å². The molecule has 2 aromatic carbocycles. The second kappa shape index (κ2) is 11.0. The van der Waals surface area contributed by atoms with Crippen LogP contribution in [-0.4, -0.2) is 45.7 Å². The van der Waals surface area contributed by atoms with Gasteiger partial charge in [-0.2, -0.15) is 0 Å². The quantitative estimate of drug-likeness (QED) is 0.341. The molecule has 1 atom stereocenters. The number of benzene rings is 2. The topological polar surface area (TPSA) is 72.1 Å².